The topological polar surface area (TPSA) is 80.6 Å². The van der Waals surface area contributed by atoms with E-state index in [1.54, 1.807) is 31.3 Å². The predicted octanol–water partition coefficient (Wildman–Crippen LogP) is 1.94. The van der Waals surface area contributed by atoms with Crippen molar-refractivity contribution >= 4 is 12.0 Å². The Labute approximate surface area is 117 Å². The summed E-state index contributed by atoms with van der Waals surface area (Å²) < 4.78 is 1.14. The van der Waals surface area contributed by atoms with Crippen molar-refractivity contribution in [2.75, 3.05) is 5.73 Å². The molecular weight excluding hydrogens is 254 g/mol. The van der Waals surface area contributed by atoms with Gasteiger partial charge in [0.15, 0.2) is 0 Å². The molecule has 2 rings (SSSR count). The lowest BCUT2D eigenvalue weighted by molar-refractivity contribution is 0.467. The first-order valence-corrected chi connectivity index (χ1v) is 6.22. The summed E-state index contributed by atoms with van der Waals surface area (Å²) >= 11 is 0. The molecule has 5 nitrogen and oxygen atoms in total. The zero-order valence-electron chi connectivity index (χ0n) is 11.7. The van der Waals surface area contributed by atoms with Gasteiger partial charge in [-0.15, -0.1) is 0 Å². The van der Waals surface area contributed by atoms with E-state index in [1.807, 2.05) is 13.8 Å². The molecule has 0 saturated heterocycles. The number of phenolic OH excluding ortho intramolecular Hbond substituents is 1. The van der Waals surface area contributed by atoms with Crippen molar-refractivity contribution in [2.45, 2.75) is 20.8 Å². The molecule has 3 N–H and O–H groups in total. The van der Waals surface area contributed by atoms with Gasteiger partial charge in [-0.05, 0) is 61.2 Å². The first-order chi connectivity index (χ1) is 9.38. The third kappa shape index (κ3) is 2.71. The van der Waals surface area contributed by atoms with Crippen molar-refractivity contribution < 1.29 is 5.11 Å². The van der Waals surface area contributed by atoms with E-state index < -0.39 is 0 Å². The molecule has 0 aliphatic heterocycles. The minimum atomic E-state index is -0.272. The second kappa shape index (κ2) is 5.21. The summed E-state index contributed by atoms with van der Waals surface area (Å²) in [7, 11) is 0. The number of hydrogen-bond donors (Lipinski definition) is 2. The van der Waals surface area contributed by atoms with Crippen molar-refractivity contribution in [1.29, 1.82) is 0 Å². The number of rotatable bonds is 2. The fourth-order valence-corrected chi connectivity index (χ4v) is 2.03. The second-order valence-electron chi connectivity index (χ2n) is 4.86. The van der Waals surface area contributed by atoms with Gasteiger partial charge in [-0.2, -0.15) is 9.78 Å². The van der Waals surface area contributed by atoms with Crippen LogP contribution in [-0.4, -0.2) is 16.0 Å². The number of nitrogens with zero attached hydrogens (tertiary/aromatic N) is 2. The van der Waals surface area contributed by atoms with Crippen LogP contribution >= 0.6 is 0 Å². The number of hydrogen-bond acceptors (Lipinski definition) is 4. The molecule has 104 valence electrons. The van der Waals surface area contributed by atoms with Crippen LogP contribution in [0.3, 0.4) is 0 Å². The molecule has 1 aromatic heterocycles. The summed E-state index contributed by atoms with van der Waals surface area (Å²) in [4.78, 5) is 11.8. The van der Waals surface area contributed by atoms with Crippen molar-refractivity contribution in [1.82, 2.24) is 4.68 Å². The lowest BCUT2D eigenvalue weighted by Crippen LogP contribution is -2.19. The van der Waals surface area contributed by atoms with Crippen LogP contribution in [0.4, 0.5) is 5.82 Å². The molecule has 2 aromatic rings. The number of pyridine rings is 1. The minimum absolute atomic E-state index is 0.272. The third-order valence-corrected chi connectivity index (χ3v) is 3.02. The van der Waals surface area contributed by atoms with Crippen LogP contribution in [0, 0.1) is 20.8 Å². The standard InChI is InChI=1S/C15H17N3O2/c1-9-4-13(16)18(14(19)5-9)17-8-12-6-10(2)15(20)11(3)7-12/h4-8,20H,16H2,1-3H3/b17-8+. The number of nitrogen functional groups attached to an aromatic ring is 1. The molecule has 1 aromatic carbocycles. The second-order valence-corrected chi connectivity index (χ2v) is 4.86. The number of benzene rings is 1. The van der Waals surface area contributed by atoms with E-state index in [0.29, 0.717) is 5.82 Å². The summed E-state index contributed by atoms with van der Waals surface area (Å²) in [6.45, 7) is 5.43. The van der Waals surface area contributed by atoms with Crippen LogP contribution in [0.25, 0.3) is 0 Å². The number of aromatic hydroxyl groups is 1. The number of anilines is 1. The third-order valence-electron chi connectivity index (χ3n) is 3.02. The maximum absolute atomic E-state index is 11.8. The molecule has 20 heavy (non-hydrogen) atoms. The predicted molar refractivity (Wildman–Crippen MR) is 80.4 cm³/mol. The van der Waals surface area contributed by atoms with Gasteiger partial charge < -0.3 is 10.8 Å². The van der Waals surface area contributed by atoms with Gasteiger partial charge in [0.2, 0.25) is 0 Å². The Morgan fingerprint density at radius 3 is 2.30 bits per heavy atom. The molecule has 0 aliphatic carbocycles. The average molecular weight is 271 g/mol. The Morgan fingerprint density at radius 2 is 1.75 bits per heavy atom. The summed E-state index contributed by atoms with van der Waals surface area (Å²) in [6, 6.07) is 6.75. The van der Waals surface area contributed by atoms with E-state index in [4.69, 9.17) is 5.73 Å². The van der Waals surface area contributed by atoms with Gasteiger partial charge in [-0.3, -0.25) is 4.79 Å². The maximum Gasteiger partial charge on any atom is 0.273 e. The Kier molecular flexibility index (Phi) is 3.61. The quantitative estimate of drug-likeness (QED) is 0.819. The van der Waals surface area contributed by atoms with Crippen LogP contribution in [0.2, 0.25) is 0 Å². The molecule has 1 heterocycles. The van der Waals surface area contributed by atoms with Gasteiger partial charge in [0.25, 0.3) is 5.56 Å². The van der Waals surface area contributed by atoms with E-state index in [1.165, 1.54) is 6.07 Å². The highest BCUT2D eigenvalue weighted by Crippen LogP contribution is 2.22. The van der Waals surface area contributed by atoms with Crippen LogP contribution < -0.4 is 11.3 Å². The zero-order chi connectivity index (χ0) is 14.9. The smallest absolute Gasteiger partial charge is 0.273 e. The Bertz CT molecular complexity index is 722. The van der Waals surface area contributed by atoms with Gasteiger partial charge in [0.1, 0.15) is 11.6 Å². The van der Waals surface area contributed by atoms with E-state index in [0.717, 1.165) is 26.9 Å². The Hall–Kier alpha value is -2.56. The van der Waals surface area contributed by atoms with Crippen LogP contribution in [0.1, 0.15) is 22.3 Å². The first-order valence-electron chi connectivity index (χ1n) is 6.22. The molecule has 0 atom stereocenters. The van der Waals surface area contributed by atoms with Crippen molar-refractivity contribution in [3.63, 3.8) is 0 Å². The van der Waals surface area contributed by atoms with Crippen LogP contribution in [-0.2, 0) is 0 Å². The van der Waals surface area contributed by atoms with Gasteiger partial charge in [0, 0.05) is 6.07 Å². The van der Waals surface area contributed by atoms with Crippen molar-refractivity contribution in [2.24, 2.45) is 5.10 Å². The molecule has 0 fully saturated rings. The molecule has 0 aliphatic rings. The normalized spacial score (nSPS) is 11.2. The fourth-order valence-electron chi connectivity index (χ4n) is 2.03. The molecule has 0 spiro atoms. The summed E-state index contributed by atoms with van der Waals surface area (Å²) in [5.41, 5.74) is 8.62. The largest absolute Gasteiger partial charge is 0.507 e. The molecule has 0 amide bonds. The molecule has 0 unspecified atom stereocenters. The highest BCUT2D eigenvalue weighted by molar-refractivity contribution is 5.81. The maximum atomic E-state index is 11.8. The number of aryl methyl sites for hydroxylation is 3. The lowest BCUT2D eigenvalue weighted by Gasteiger charge is -2.06. The summed E-state index contributed by atoms with van der Waals surface area (Å²) in [5.74, 6) is 0.563. The van der Waals surface area contributed by atoms with Gasteiger partial charge in [-0.25, -0.2) is 0 Å². The van der Waals surface area contributed by atoms with Crippen LogP contribution in [0.5, 0.6) is 5.75 Å². The summed E-state index contributed by atoms with van der Waals surface area (Å²) in [5, 5.41) is 13.8. The first kappa shape index (κ1) is 13.9. The Balaban J connectivity index is 2.42. The van der Waals surface area contributed by atoms with Gasteiger partial charge >= 0.3 is 0 Å². The minimum Gasteiger partial charge on any atom is -0.507 e. The lowest BCUT2D eigenvalue weighted by atomic mass is 10.1. The highest BCUT2D eigenvalue weighted by Gasteiger charge is 2.03. The number of nitrogens with two attached hydrogens (primary N) is 1. The number of aromatic nitrogens is 1. The van der Waals surface area contributed by atoms with Crippen LogP contribution in [0.15, 0.2) is 34.2 Å². The van der Waals surface area contributed by atoms with E-state index in [-0.39, 0.29) is 11.3 Å². The van der Waals surface area contributed by atoms with Gasteiger partial charge in [-0.1, -0.05) is 0 Å². The molecule has 5 heteroatoms. The zero-order valence-corrected chi connectivity index (χ0v) is 11.7. The number of phenols is 1. The summed E-state index contributed by atoms with van der Waals surface area (Å²) in [6.07, 6.45) is 1.55. The average Bonchev–Trinajstić information content (AvgIpc) is 2.34. The van der Waals surface area contributed by atoms with Crippen molar-refractivity contribution in [3.05, 3.63) is 56.9 Å². The Morgan fingerprint density at radius 1 is 1.15 bits per heavy atom. The fraction of sp³-hybridized carbons (Fsp3) is 0.200. The molecule has 0 bridgehead atoms. The molecular formula is C15H17N3O2. The highest BCUT2D eigenvalue weighted by atomic mass is 16.3. The molecule has 0 saturated carbocycles. The van der Waals surface area contributed by atoms with Crippen molar-refractivity contribution in [3.8, 4) is 5.75 Å². The van der Waals surface area contributed by atoms with E-state index in [9.17, 15) is 9.90 Å². The van der Waals surface area contributed by atoms with Gasteiger partial charge in [0.05, 0.1) is 6.21 Å². The monoisotopic (exact) mass is 271 g/mol. The van der Waals surface area contributed by atoms with E-state index in [2.05, 4.69) is 5.10 Å². The SMILES string of the molecule is Cc1cc(N)n(/N=C/c2cc(C)c(O)c(C)c2)c(=O)c1. The van der Waals surface area contributed by atoms with E-state index >= 15 is 0 Å². The molecule has 0 radical (unpaired) electrons.